The summed E-state index contributed by atoms with van der Waals surface area (Å²) in [4.78, 5) is 16.0. The van der Waals surface area contributed by atoms with E-state index in [0.29, 0.717) is 5.56 Å². The van der Waals surface area contributed by atoms with Crippen LogP contribution in [0.25, 0.3) is 21.9 Å². The molecule has 0 aliphatic carbocycles. The average molecular weight is 329 g/mol. The maximum atomic E-state index is 12.1. The fourth-order valence-corrected chi connectivity index (χ4v) is 3.65. The Morgan fingerprint density at radius 2 is 1.72 bits per heavy atom. The lowest BCUT2D eigenvalue weighted by atomic mass is 9.92. The predicted octanol–water partition coefficient (Wildman–Crippen LogP) is 4.43. The lowest BCUT2D eigenvalue weighted by Gasteiger charge is -2.13. The lowest BCUT2D eigenvalue weighted by molar-refractivity contribution is 0.101. The second kappa shape index (κ2) is 4.93. The van der Waals surface area contributed by atoms with Gasteiger partial charge in [-0.25, -0.2) is 4.99 Å². The van der Waals surface area contributed by atoms with Crippen molar-refractivity contribution in [3.8, 4) is 22.6 Å². The van der Waals surface area contributed by atoms with Crippen LogP contribution < -0.4 is 9.47 Å². The number of hydrogen-bond acceptors (Lipinski definition) is 3. The first-order valence-electron chi connectivity index (χ1n) is 8.19. The van der Waals surface area contributed by atoms with Crippen molar-refractivity contribution in [1.29, 1.82) is 0 Å². The Kier molecular flexibility index (Phi) is 2.80. The number of aryl methyl sites for hydroxylation is 2. The van der Waals surface area contributed by atoms with Gasteiger partial charge in [-0.2, -0.15) is 0 Å². The Morgan fingerprint density at radius 1 is 0.960 bits per heavy atom. The molecule has 0 N–H and O–H groups in total. The van der Waals surface area contributed by atoms with Gasteiger partial charge in [-0.05, 0) is 42.5 Å². The van der Waals surface area contributed by atoms with Gasteiger partial charge in [0.1, 0.15) is 0 Å². The van der Waals surface area contributed by atoms with Crippen LogP contribution in [0, 0.1) is 13.8 Å². The molecular weight excluding hydrogens is 314 g/mol. The molecule has 0 saturated carbocycles. The fourth-order valence-electron chi connectivity index (χ4n) is 3.65. The molecular formula is C21H15NO3. The fraction of sp³-hybridized carbons (Fsp3) is 0.143. The Morgan fingerprint density at radius 3 is 2.52 bits per heavy atom. The number of aliphatic imine (C=N–C) groups is 1. The van der Waals surface area contributed by atoms with Crippen molar-refractivity contribution >= 4 is 22.9 Å². The highest BCUT2D eigenvalue weighted by Gasteiger charge is 2.27. The molecule has 0 aromatic heterocycles. The number of ether oxygens (including phenoxy) is 2. The van der Waals surface area contributed by atoms with Gasteiger partial charge < -0.3 is 9.47 Å². The first-order valence-corrected chi connectivity index (χ1v) is 8.19. The highest BCUT2D eigenvalue weighted by molar-refractivity contribution is 6.18. The summed E-state index contributed by atoms with van der Waals surface area (Å²) in [7, 11) is 0. The number of carbonyl (C=O) groups is 1. The molecule has 4 nitrogen and oxygen atoms in total. The topological polar surface area (TPSA) is 47.9 Å². The van der Waals surface area contributed by atoms with E-state index >= 15 is 0 Å². The van der Waals surface area contributed by atoms with E-state index in [1.807, 2.05) is 13.0 Å². The van der Waals surface area contributed by atoms with Crippen LogP contribution >= 0.6 is 0 Å². The summed E-state index contributed by atoms with van der Waals surface area (Å²) in [5.74, 6) is 1.33. The van der Waals surface area contributed by atoms with Crippen molar-refractivity contribution in [1.82, 2.24) is 0 Å². The van der Waals surface area contributed by atoms with E-state index in [2.05, 4.69) is 42.2 Å². The molecule has 0 saturated heterocycles. The largest absolute Gasteiger partial charge is 0.453 e. The number of carbonyl (C=O) groups excluding carboxylic acids is 1. The van der Waals surface area contributed by atoms with Gasteiger partial charge in [-0.1, -0.05) is 29.8 Å². The Labute approximate surface area is 144 Å². The Balaban J connectivity index is 1.87. The van der Waals surface area contributed by atoms with Gasteiger partial charge in [0.2, 0.25) is 6.79 Å². The van der Waals surface area contributed by atoms with Crippen molar-refractivity contribution in [2.24, 2.45) is 4.99 Å². The monoisotopic (exact) mass is 329 g/mol. The number of hydrogen-bond donors (Lipinski definition) is 0. The van der Waals surface area contributed by atoms with Crippen LogP contribution in [-0.4, -0.2) is 18.9 Å². The number of nitrogens with zero attached hydrogens (tertiary/aromatic N) is 1. The SMILES string of the molecule is Cc1ccc(-c2cc3c(C)c4c(cc3c3c2OCO3)C=NC4=O)cc1. The maximum absolute atomic E-state index is 12.1. The molecule has 5 rings (SSSR count). The van der Waals surface area contributed by atoms with E-state index < -0.39 is 0 Å². The molecule has 2 heterocycles. The number of benzene rings is 3. The summed E-state index contributed by atoms with van der Waals surface area (Å²) in [6.07, 6.45) is 1.63. The quantitative estimate of drug-likeness (QED) is 0.664. The third kappa shape index (κ3) is 1.94. The molecule has 0 spiro atoms. The van der Waals surface area contributed by atoms with Crippen LogP contribution in [0.2, 0.25) is 0 Å². The van der Waals surface area contributed by atoms with Crippen LogP contribution in [0.4, 0.5) is 0 Å². The van der Waals surface area contributed by atoms with Crippen molar-refractivity contribution in [2.45, 2.75) is 13.8 Å². The molecule has 3 aromatic carbocycles. The molecule has 2 aliphatic heterocycles. The molecule has 0 atom stereocenters. The van der Waals surface area contributed by atoms with Gasteiger partial charge in [0, 0.05) is 22.7 Å². The second-order valence-electron chi connectivity index (χ2n) is 6.48. The van der Waals surface area contributed by atoms with E-state index in [0.717, 1.165) is 44.5 Å². The van der Waals surface area contributed by atoms with E-state index in [9.17, 15) is 4.79 Å². The van der Waals surface area contributed by atoms with E-state index in [-0.39, 0.29) is 12.7 Å². The smallest absolute Gasteiger partial charge is 0.277 e. The lowest BCUT2D eigenvalue weighted by Crippen LogP contribution is -1.98. The summed E-state index contributed by atoms with van der Waals surface area (Å²) in [6, 6.07) is 12.4. The van der Waals surface area contributed by atoms with Gasteiger partial charge in [-0.3, -0.25) is 4.79 Å². The van der Waals surface area contributed by atoms with Crippen molar-refractivity contribution < 1.29 is 14.3 Å². The zero-order valence-corrected chi connectivity index (χ0v) is 13.9. The van der Waals surface area contributed by atoms with Gasteiger partial charge in [-0.15, -0.1) is 0 Å². The van der Waals surface area contributed by atoms with E-state index in [4.69, 9.17) is 9.47 Å². The zero-order chi connectivity index (χ0) is 17.1. The maximum Gasteiger partial charge on any atom is 0.277 e. The molecule has 25 heavy (non-hydrogen) atoms. The minimum atomic E-state index is -0.177. The molecule has 122 valence electrons. The van der Waals surface area contributed by atoms with Crippen LogP contribution in [0.15, 0.2) is 41.4 Å². The van der Waals surface area contributed by atoms with E-state index in [1.54, 1.807) is 6.21 Å². The van der Waals surface area contributed by atoms with Crippen molar-refractivity contribution in [2.75, 3.05) is 6.79 Å². The molecule has 1 amide bonds. The highest BCUT2D eigenvalue weighted by atomic mass is 16.7. The van der Waals surface area contributed by atoms with Crippen molar-refractivity contribution in [3.05, 3.63) is 58.7 Å². The minimum absolute atomic E-state index is 0.177. The van der Waals surface area contributed by atoms with Crippen molar-refractivity contribution in [3.63, 3.8) is 0 Å². The molecule has 0 fully saturated rings. The summed E-state index contributed by atoms with van der Waals surface area (Å²) in [6.45, 7) is 4.23. The normalized spacial score (nSPS) is 14.4. The average Bonchev–Trinajstić information content (AvgIpc) is 3.23. The molecule has 0 radical (unpaired) electrons. The zero-order valence-electron chi connectivity index (χ0n) is 13.9. The highest BCUT2D eigenvalue weighted by Crippen LogP contribution is 2.48. The van der Waals surface area contributed by atoms with Gasteiger partial charge in [0.25, 0.3) is 5.91 Å². The standard InChI is InChI=1S/C21H15NO3/c1-11-3-5-13(6-4-11)16-8-15-12(2)18-14(9-22-21(18)23)7-17(15)20-19(16)24-10-25-20/h3-9H,10H2,1-2H3. The number of amides is 1. The van der Waals surface area contributed by atoms with Gasteiger partial charge in [0.05, 0.1) is 5.56 Å². The van der Waals surface area contributed by atoms with Crippen LogP contribution in [0.3, 0.4) is 0 Å². The third-order valence-electron chi connectivity index (χ3n) is 4.95. The number of fused-ring (bicyclic) bond motifs is 4. The first kappa shape index (κ1) is 14.2. The summed E-state index contributed by atoms with van der Waals surface area (Å²) >= 11 is 0. The Bertz CT molecular complexity index is 1090. The van der Waals surface area contributed by atoms with Crippen LogP contribution in [-0.2, 0) is 0 Å². The molecule has 4 heteroatoms. The first-order chi connectivity index (χ1) is 12.1. The summed E-state index contributed by atoms with van der Waals surface area (Å²) in [5, 5.41) is 1.96. The molecule has 0 bridgehead atoms. The summed E-state index contributed by atoms with van der Waals surface area (Å²) < 4.78 is 11.6. The third-order valence-corrected chi connectivity index (χ3v) is 4.95. The molecule has 3 aromatic rings. The van der Waals surface area contributed by atoms with Crippen LogP contribution in [0.5, 0.6) is 11.5 Å². The van der Waals surface area contributed by atoms with Crippen LogP contribution in [0.1, 0.15) is 27.0 Å². The molecule has 0 unspecified atom stereocenters. The predicted molar refractivity (Wildman–Crippen MR) is 96.9 cm³/mol. The Hall–Kier alpha value is -3.14. The second-order valence-corrected chi connectivity index (χ2v) is 6.48. The minimum Gasteiger partial charge on any atom is -0.453 e. The van der Waals surface area contributed by atoms with E-state index in [1.165, 1.54) is 5.56 Å². The summed E-state index contributed by atoms with van der Waals surface area (Å²) in [5.41, 5.74) is 5.71. The molecule has 2 aliphatic rings. The van der Waals surface area contributed by atoms with Gasteiger partial charge >= 0.3 is 0 Å². The van der Waals surface area contributed by atoms with Gasteiger partial charge in [0.15, 0.2) is 11.5 Å². The number of rotatable bonds is 1.